The Morgan fingerprint density at radius 3 is 2.23 bits per heavy atom. The van der Waals surface area contributed by atoms with Crippen molar-refractivity contribution in [3.63, 3.8) is 0 Å². The molecule has 13 heavy (non-hydrogen) atoms. The summed E-state index contributed by atoms with van der Waals surface area (Å²) in [7, 11) is 3.89. The molecule has 0 aromatic carbocycles. The Morgan fingerprint density at radius 1 is 1.38 bits per heavy atom. The molecule has 1 unspecified atom stereocenters. The van der Waals surface area contributed by atoms with Crippen LogP contribution in [0.2, 0.25) is 0 Å². The second-order valence-corrected chi connectivity index (χ2v) is 4.57. The van der Waals surface area contributed by atoms with Gasteiger partial charge in [-0.3, -0.25) is 0 Å². The summed E-state index contributed by atoms with van der Waals surface area (Å²) in [5, 5.41) is 0. The maximum atomic E-state index is 6.26. The topological polar surface area (TPSA) is 38.5 Å². The van der Waals surface area contributed by atoms with E-state index in [1.165, 1.54) is 0 Å². The van der Waals surface area contributed by atoms with E-state index in [4.69, 9.17) is 10.5 Å². The van der Waals surface area contributed by atoms with Gasteiger partial charge in [-0.15, -0.1) is 0 Å². The van der Waals surface area contributed by atoms with Gasteiger partial charge in [-0.2, -0.15) is 0 Å². The first-order valence-electron chi connectivity index (χ1n) is 4.98. The second kappa shape index (κ2) is 3.95. The standard InChI is InChI=1S/C10H22N2O/c1-8-5-10(11,7-13-4)6-9(2)12(8)3/h8-9H,5-7,11H2,1-4H3/t8-,9+,10?. The number of likely N-dealkylation sites (tertiary alicyclic amines) is 1. The van der Waals surface area contributed by atoms with E-state index in [1.54, 1.807) is 7.11 Å². The van der Waals surface area contributed by atoms with Crippen LogP contribution in [-0.4, -0.2) is 43.3 Å². The quantitative estimate of drug-likeness (QED) is 0.694. The van der Waals surface area contributed by atoms with Crippen LogP contribution in [0.1, 0.15) is 26.7 Å². The lowest BCUT2D eigenvalue weighted by atomic mass is 9.82. The summed E-state index contributed by atoms with van der Waals surface area (Å²) in [5.41, 5.74) is 6.15. The van der Waals surface area contributed by atoms with E-state index < -0.39 is 0 Å². The molecule has 3 heteroatoms. The van der Waals surface area contributed by atoms with Crippen LogP contribution in [0.4, 0.5) is 0 Å². The lowest BCUT2D eigenvalue weighted by Crippen LogP contribution is -2.58. The minimum absolute atomic E-state index is 0.111. The minimum Gasteiger partial charge on any atom is -0.383 e. The first-order chi connectivity index (χ1) is 5.98. The molecule has 1 rings (SSSR count). The lowest BCUT2D eigenvalue weighted by molar-refractivity contribution is 0.0325. The predicted octanol–water partition coefficient (Wildman–Crippen LogP) is 0.833. The molecular formula is C10H22N2O. The van der Waals surface area contributed by atoms with Gasteiger partial charge in [-0.1, -0.05) is 0 Å². The number of piperidine rings is 1. The number of hydrogen-bond acceptors (Lipinski definition) is 3. The number of hydrogen-bond donors (Lipinski definition) is 1. The molecule has 3 nitrogen and oxygen atoms in total. The van der Waals surface area contributed by atoms with E-state index in [2.05, 4.69) is 25.8 Å². The van der Waals surface area contributed by atoms with Crippen LogP contribution in [-0.2, 0) is 4.74 Å². The third kappa shape index (κ3) is 2.42. The number of methoxy groups -OCH3 is 1. The lowest BCUT2D eigenvalue weighted by Gasteiger charge is -2.45. The molecule has 0 radical (unpaired) electrons. The van der Waals surface area contributed by atoms with Crippen LogP contribution in [0.15, 0.2) is 0 Å². The average Bonchev–Trinajstić information content (AvgIpc) is 2.00. The normalized spacial score (nSPS) is 42.2. The summed E-state index contributed by atoms with van der Waals surface area (Å²) in [6.07, 6.45) is 2.06. The smallest absolute Gasteiger partial charge is 0.0643 e. The zero-order valence-corrected chi connectivity index (χ0v) is 9.21. The first-order valence-corrected chi connectivity index (χ1v) is 4.98. The molecule has 0 amide bonds. The number of nitrogens with zero attached hydrogens (tertiary/aromatic N) is 1. The minimum atomic E-state index is -0.111. The van der Waals surface area contributed by atoms with Gasteiger partial charge in [0.25, 0.3) is 0 Å². The van der Waals surface area contributed by atoms with Crippen molar-refractivity contribution in [1.82, 2.24) is 4.90 Å². The first kappa shape index (κ1) is 11.0. The summed E-state index contributed by atoms with van der Waals surface area (Å²) >= 11 is 0. The average molecular weight is 186 g/mol. The third-order valence-corrected chi connectivity index (χ3v) is 3.23. The van der Waals surface area contributed by atoms with Crippen LogP contribution < -0.4 is 5.73 Å². The highest BCUT2D eigenvalue weighted by molar-refractivity contribution is 4.96. The zero-order valence-electron chi connectivity index (χ0n) is 9.21. The third-order valence-electron chi connectivity index (χ3n) is 3.23. The summed E-state index contributed by atoms with van der Waals surface area (Å²) in [6, 6.07) is 1.12. The van der Waals surface area contributed by atoms with E-state index in [9.17, 15) is 0 Å². The SMILES string of the molecule is COCC1(N)C[C@@H](C)N(C)[C@@H](C)C1. The van der Waals surface area contributed by atoms with Gasteiger partial charge in [0, 0.05) is 24.7 Å². The van der Waals surface area contributed by atoms with Crippen molar-refractivity contribution in [2.45, 2.75) is 44.3 Å². The molecule has 0 bridgehead atoms. The molecule has 0 aromatic heterocycles. The zero-order chi connectivity index (χ0) is 10.1. The Morgan fingerprint density at radius 2 is 1.85 bits per heavy atom. The van der Waals surface area contributed by atoms with Gasteiger partial charge < -0.3 is 15.4 Å². The van der Waals surface area contributed by atoms with Crippen molar-refractivity contribution in [2.75, 3.05) is 20.8 Å². The predicted molar refractivity (Wildman–Crippen MR) is 54.7 cm³/mol. The highest BCUT2D eigenvalue weighted by Gasteiger charge is 2.37. The largest absolute Gasteiger partial charge is 0.383 e. The molecule has 78 valence electrons. The molecule has 1 fully saturated rings. The molecule has 1 saturated heterocycles. The van der Waals surface area contributed by atoms with Gasteiger partial charge in [0.1, 0.15) is 0 Å². The maximum Gasteiger partial charge on any atom is 0.0643 e. The Kier molecular flexibility index (Phi) is 3.33. The molecule has 0 aliphatic carbocycles. The summed E-state index contributed by atoms with van der Waals surface area (Å²) in [6.45, 7) is 5.13. The van der Waals surface area contributed by atoms with Crippen molar-refractivity contribution >= 4 is 0 Å². The highest BCUT2D eigenvalue weighted by atomic mass is 16.5. The molecule has 1 aliphatic rings. The van der Waals surface area contributed by atoms with Gasteiger partial charge in [-0.25, -0.2) is 0 Å². The van der Waals surface area contributed by atoms with Crippen molar-refractivity contribution in [3.05, 3.63) is 0 Å². The summed E-state index contributed by atoms with van der Waals surface area (Å²) < 4.78 is 5.17. The fourth-order valence-electron chi connectivity index (χ4n) is 2.39. The van der Waals surface area contributed by atoms with Crippen LogP contribution in [0, 0.1) is 0 Å². The molecule has 0 spiro atoms. The number of nitrogens with two attached hydrogens (primary N) is 1. The second-order valence-electron chi connectivity index (χ2n) is 4.57. The maximum absolute atomic E-state index is 6.26. The molecular weight excluding hydrogens is 164 g/mol. The van der Waals surface area contributed by atoms with E-state index in [1.807, 2.05) is 0 Å². The van der Waals surface area contributed by atoms with Gasteiger partial charge in [0.2, 0.25) is 0 Å². The monoisotopic (exact) mass is 186 g/mol. The Labute approximate surface area is 81.2 Å². The van der Waals surface area contributed by atoms with Crippen molar-refractivity contribution in [2.24, 2.45) is 5.73 Å². The molecule has 2 N–H and O–H groups in total. The van der Waals surface area contributed by atoms with E-state index >= 15 is 0 Å². The summed E-state index contributed by atoms with van der Waals surface area (Å²) in [4.78, 5) is 2.39. The summed E-state index contributed by atoms with van der Waals surface area (Å²) in [5.74, 6) is 0. The Bertz CT molecular complexity index is 160. The fraction of sp³-hybridized carbons (Fsp3) is 1.00. The fourth-order valence-corrected chi connectivity index (χ4v) is 2.39. The van der Waals surface area contributed by atoms with Crippen molar-refractivity contribution < 1.29 is 4.74 Å². The van der Waals surface area contributed by atoms with Crippen LogP contribution in [0.3, 0.4) is 0 Å². The van der Waals surface area contributed by atoms with Gasteiger partial charge in [0.15, 0.2) is 0 Å². The van der Waals surface area contributed by atoms with E-state index in [-0.39, 0.29) is 5.54 Å². The van der Waals surface area contributed by atoms with E-state index in [0.29, 0.717) is 18.7 Å². The molecule has 0 saturated carbocycles. The highest BCUT2D eigenvalue weighted by Crippen LogP contribution is 2.28. The van der Waals surface area contributed by atoms with Crippen molar-refractivity contribution in [3.8, 4) is 0 Å². The van der Waals surface area contributed by atoms with Crippen LogP contribution in [0.5, 0.6) is 0 Å². The molecule has 0 aromatic rings. The van der Waals surface area contributed by atoms with Crippen LogP contribution in [0.25, 0.3) is 0 Å². The molecule has 3 atom stereocenters. The molecule has 1 aliphatic heterocycles. The van der Waals surface area contributed by atoms with E-state index in [0.717, 1.165) is 12.8 Å². The Hall–Kier alpha value is -0.120. The van der Waals surface area contributed by atoms with Crippen molar-refractivity contribution in [1.29, 1.82) is 0 Å². The number of rotatable bonds is 2. The van der Waals surface area contributed by atoms with Crippen LogP contribution >= 0.6 is 0 Å². The Balaban J connectivity index is 2.61. The number of ether oxygens (including phenoxy) is 1. The van der Waals surface area contributed by atoms with Gasteiger partial charge in [-0.05, 0) is 33.7 Å². The van der Waals surface area contributed by atoms with Gasteiger partial charge >= 0.3 is 0 Å². The van der Waals surface area contributed by atoms with Gasteiger partial charge in [0.05, 0.1) is 6.61 Å². The molecule has 1 heterocycles.